The maximum absolute atomic E-state index is 6.34. The van der Waals surface area contributed by atoms with E-state index in [2.05, 4.69) is 19.9 Å². The van der Waals surface area contributed by atoms with Crippen LogP contribution in [-0.4, -0.2) is 28.1 Å². The summed E-state index contributed by atoms with van der Waals surface area (Å²) in [5.74, 6) is 1.18. The molecule has 2 N–H and O–H groups in total. The average Bonchev–Trinajstić information content (AvgIpc) is 2.84. The Morgan fingerprint density at radius 1 is 1.08 bits per heavy atom. The van der Waals surface area contributed by atoms with Crippen LogP contribution >= 0.6 is 23.2 Å². The maximum Gasteiger partial charge on any atom is 0.236 e. The first-order valence-corrected chi connectivity index (χ1v) is 9.14. The van der Waals surface area contributed by atoms with Gasteiger partial charge in [-0.2, -0.15) is 15.0 Å². The van der Waals surface area contributed by atoms with Crippen LogP contribution in [0.4, 0.5) is 17.6 Å². The molecule has 0 aliphatic heterocycles. The van der Waals surface area contributed by atoms with E-state index in [9.17, 15) is 0 Å². The molecule has 1 aromatic heterocycles. The van der Waals surface area contributed by atoms with Crippen molar-refractivity contribution in [3.8, 4) is 5.75 Å². The molecule has 1 heterocycles. The van der Waals surface area contributed by atoms with Crippen LogP contribution in [0.2, 0.25) is 10.3 Å². The summed E-state index contributed by atoms with van der Waals surface area (Å²) in [5, 5.41) is 0.618. The van der Waals surface area contributed by atoms with Gasteiger partial charge < -0.3 is 15.4 Å². The highest BCUT2D eigenvalue weighted by atomic mass is 35.5. The zero-order valence-corrected chi connectivity index (χ0v) is 15.6. The van der Waals surface area contributed by atoms with E-state index in [1.807, 2.05) is 18.2 Å². The molecule has 2 aromatic rings. The van der Waals surface area contributed by atoms with Crippen LogP contribution in [0.5, 0.6) is 5.75 Å². The van der Waals surface area contributed by atoms with Crippen molar-refractivity contribution in [2.45, 2.75) is 44.6 Å². The topological polar surface area (TPSA) is 77.2 Å². The molecule has 1 aliphatic rings. The Morgan fingerprint density at radius 2 is 1.80 bits per heavy atom. The van der Waals surface area contributed by atoms with Crippen LogP contribution in [0.15, 0.2) is 18.2 Å². The van der Waals surface area contributed by atoms with Gasteiger partial charge in [0.05, 0.1) is 12.1 Å². The third-order valence-electron chi connectivity index (χ3n) is 4.43. The van der Waals surface area contributed by atoms with Gasteiger partial charge in [-0.15, -0.1) is 0 Å². The number of benzene rings is 1. The summed E-state index contributed by atoms with van der Waals surface area (Å²) in [5.41, 5.74) is 6.68. The van der Waals surface area contributed by atoms with Crippen LogP contribution in [0, 0.1) is 0 Å². The molecule has 1 aliphatic carbocycles. The van der Waals surface area contributed by atoms with E-state index in [0.717, 1.165) is 18.5 Å². The van der Waals surface area contributed by atoms with Crippen molar-refractivity contribution >= 4 is 40.8 Å². The highest BCUT2D eigenvalue weighted by Crippen LogP contribution is 2.36. The first-order chi connectivity index (χ1) is 12.1. The van der Waals surface area contributed by atoms with Gasteiger partial charge in [0.2, 0.25) is 17.2 Å². The second-order valence-electron chi connectivity index (χ2n) is 6.10. The Bertz CT molecular complexity index is 715. The number of halogens is 2. The van der Waals surface area contributed by atoms with Crippen molar-refractivity contribution in [2.24, 2.45) is 0 Å². The quantitative estimate of drug-likeness (QED) is 0.777. The summed E-state index contributed by atoms with van der Waals surface area (Å²) in [6, 6.07) is 5.90. The van der Waals surface area contributed by atoms with Gasteiger partial charge >= 0.3 is 0 Å². The maximum atomic E-state index is 6.34. The molecule has 3 rings (SSSR count). The molecular formula is C17H21Cl2N5O. The third kappa shape index (κ3) is 4.25. The number of rotatable bonds is 4. The minimum absolute atomic E-state index is 0.0840. The summed E-state index contributed by atoms with van der Waals surface area (Å²) < 4.78 is 5.26. The molecule has 8 heteroatoms. The lowest BCUT2D eigenvalue weighted by molar-refractivity contribution is 0.415. The first kappa shape index (κ1) is 18.0. The summed E-state index contributed by atoms with van der Waals surface area (Å²) in [6.45, 7) is 0. The molecule has 0 unspecified atom stereocenters. The van der Waals surface area contributed by atoms with E-state index >= 15 is 0 Å². The van der Waals surface area contributed by atoms with Crippen LogP contribution in [-0.2, 0) is 0 Å². The molecule has 0 saturated heterocycles. The molecule has 134 valence electrons. The normalized spacial score (nSPS) is 15.6. The molecular weight excluding hydrogens is 361 g/mol. The van der Waals surface area contributed by atoms with E-state index in [4.69, 9.17) is 33.7 Å². The van der Waals surface area contributed by atoms with Gasteiger partial charge in [-0.1, -0.05) is 37.3 Å². The van der Waals surface area contributed by atoms with Crippen molar-refractivity contribution < 1.29 is 4.74 Å². The summed E-state index contributed by atoms with van der Waals surface area (Å²) in [7, 11) is 1.59. The van der Waals surface area contributed by atoms with E-state index in [-0.39, 0.29) is 17.3 Å². The van der Waals surface area contributed by atoms with Crippen molar-refractivity contribution in [1.29, 1.82) is 0 Å². The van der Waals surface area contributed by atoms with Gasteiger partial charge in [-0.3, -0.25) is 0 Å². The summed E-state index contributed by atoms with van der Waals surface area (Å²) in [4.78, 5) is 14.6. The molecule has 25 heavy (non-hydrogen) atoms. The SMILES string of the molecule is COc1ccc(N(c2nc(N)nc(Cl)n2)C2CCCCCC2)cc1Cl. The van der Waals surface area contributed by atoms with Gasteiger partial charge in [-0.05, 0) is 42.6 Å². The average molecular weight is 382 g/mol. The smallest absolute Gasteiger partial charge is 0.236 e. The van der Waals surface area contributed by atoms with Gasteiger partial charge in [0.1, 0.15) is 5.75 Å². The molecule has 0 atom stereocenters. The largest absolute Gasteiger partial charge is 0.495 e. The number of ether oxygens (including phenoxy) is 1. The van der Waals surface area contributed by atoms with Crippen molar-refractivity contribution in [3.05, 3.63) is 28.5 Å². The molecule has 0 amide bonds. The number of aromatic nitrogens is 3. The second kappa shape index (κ2) is 8.06. The zero-order chi connectivity index (χ0) is 17.8. The predicted molar refractivity (Wildman–Crippen MR) is 101 cm³/mol. The lowest BCUT2D eigenvalue weighted by atomic mass is 10.1. The lowest BCUT2D eigenvalue weighted by Gasteiger charge is -2.31. The molecule has 0 bridgehead atoms. The van der Waals surface area contributed by atoms with Crippen molar-refractivity contribution in [2.75, 3.05) is 17.7 Å². The molecule has 1 aromatic carbocycles. The minimum Gasteiger partial charge on any atom is -0.495 e. The highest BCUT2D eigenvalue weighted by molar-refractivity contribution is 6.32. The van der Waals surface area contributed by atoms with Gasteiger partial charge in [0.25, 0.3) is 0 Å². The lowest BCUT2D eigenvalue weighted by Crippen LogP contribution is -2.32. The fourth-order valence-electron chi connectivity index (χ4n) is 3.27. The zero-order valence-electron chi connectivity index (χ0n) is 14.1. The summed E-state index contributed by atoms with van der Waals surface area (Å²) >= 11 is 12.4. The van der Waals surface area contributed by atoms with E-state index in [1.54, 1.807) is 7.11 Å². The standard InChI is InChI=1S/C17H21Cl2N5O/c1-25-14-9-8-12(10-13(14)18)24(11-6-4-2-3-5-7-11)17-22-15(19)21-16(20)23-17/h8-11H,2-7H2,1H3,(H2,20,21,22,23). The number of nitrogens with two attached hydrogens (primary N) is 1. The predicted octanol–water partition coefficient (Wildman–Crippen LogP) is 4.63. The Balaban J connectivity index is 2.05. The molecule has 6 nitrogen and oxygen atoms in total. The third-order valence-corrected chi connectivity index (χ3v) is 4.90. The number of hydrogen-bond acceptors (Lipinski definition) is 6. The number of nitrogen functional groups attached to an aromatic ring is 1. The number of nitrogens with zero attached hydrogens (tertiary/aromatic N) is 4. The Labute approximate surface area is 157 Å². The molecule has 1 saturated carbocycles. The van der Waals surface area contributed by atoms with Crippen molar-refractivity contribution in [1.82, 2.24) is 15.0 Å². The van der Waals surface area contributed by atoms with Gasteiger partial charge in [0, 0.05) is 11.7 Å². The Hall–Kier alpha value is -1.79. The van der Waals surface area contributed by atoms with E-state index < -0.39 is 0 Å². The van der Waals surface area contributed by atoms with Gasteiger partial charge in [0.15, 0.2) is 0 Å². The minimum atomic E-state index is 0.0840. The molecule has 0 radical (unpaired) electrons. The molecule has 0 spiro atoms. The highest BCUT2D eigenvalue weighted by Gasteiger charge is 2.25. The van der Waals surface area contributed by atoms with E-state index in [0.29, 0.717) is 16.7 Å². The van der Waals surface area contributed by atoms with Crippen molar-refractivity contribution in [3.63, 3.8) is 0 Å². The Morgan fingerprint density at radius 3 is 2.40 bits per heavy atom. The van der Waals surface area contributed by atoms with Crippen LogP contribution in [0.25, 0.3) is 0 Å². The fourth-order valence-corrected chi connectivity index (χ4v) is 3.69. The van der Waals surface area contributed by atoms with Crippen LogP contribution < -0.4 is 15.4 Å². The monoisotopic (exact) mass is 381 g/mol. The van der Waals surface area contributed by atoms with Gasteiger partial charge in [-0.25, -0.2) is 0 Å². The Kier molecular flexibility index (Phi) is 5.81. The number of anilines is 3. The number of hydrogen-bond donors (Lipinski definition) is 1. The second-order valence-corrected chi connectivity index (χ2v) is 6.84. The van der Waals surface area contributed by atoms with E-state index in [1.165, 1.54) is 25.7 Å². The van der Waals surface area contributed by atoms with Crippen LogP contribution in [0.1, 0.15) is 38.5 Å². The van der Waals surface area contributed by atoms with Crippen LogP contribution in [0.3, 0.4) is 0 Å². The number of methoxy groups -OCH3 is 1. The fraction of sp³-hybridized carbons (Fsp3) is 0.471. The molecule has 1 fully saturated rings. The first-order valence-electron chi connectivity index (χ1n) is 8.38. The summed E-state index contributed by atoms with van der Waals surface area (Å²) in [6.07, 6.45) is 6.92.